The number of thioether (sulfide) groups is 1. The van der Waals surface area contributed by atoms with Crippen molar-refractivity contribution in [1.29, 1.82) is 0 Å². The van der Waals surface area contributed by atoms with E-state index in [-0.39, 0.29) is 37.8 Å². The molecule has 4 aromatic rings. The minimum atomic E-state index is -2.48. The second-order valence-electron chi connectivity index (χ2n) is 15.1. The van der Waals surface area contributed by atoms with Crippen LogP contribution >= 0.6 is 11.8 Å². The lowest BCUT2D eigenvalue weighted by molar-refractivity contribution is -0.238. The number of alkyl carbamates (subject to hydrolysis) is 1. The molecule has 0 spiro atoms. The van der Waals surface area contributed by atoms with E-state index >= 15 is 0 Å². The topological polar surface area (TPSA) is 213 Å². The number of aromatic nitrogens is 3. The van der Waals surface area contributed by atoms with Gasteiger partial charge in [0.1, 0.15) is 31.3 Å². The summed E-state index contributed by atoms with van der Waals surface area (Å²) in [5.41, 5.74) is 3.15. The maximum absolute atomic E-state index is 14.4. The van der Waals surface area contributed by atoms with Crippen LogP contribution in [0.1, 0.15) is 56.9 Å². The number of amides is 2. The lowest BCUT2D eigenvalue weighted by Crippen LogP contribution is -2.62. The molecule has 0 radical (unpaired) electrons. The number of nitrogens with one attached hydrogen (secondary N) is 1. The minimum Gasteiger partial charge on any atom is -0.455 e. The Kier molecular flexibility index (Phi) is 17.0. The van der Waals surface area contributed by atoms with E-state index in [1.165, 1.54) is 18.0 Å². The number of benzene rings is 3. The van der Waals surface area contributed by atoms with Crippen LogP contribution in [0.25, 0.3) is 11.1 Å². The molecule has 0 saturated carbocycles. The van der Waals surface area contributed by atoms with Crippen molar-refractivity contribution in [2.24, 2.45) is 0 Å². The van der Waals surface area contributed by atoms with E-state index in [1.54, 1.807) is 6.92 Å². The Labute approximate surface area is 388 Å². The van der Waals surface area contributed by atoms with Crippen LogP contribution in [-0.4, -0.2) is 124 Å². The van der Waals surface area contributed by atoms with Crippen LogP contribution in [0, 0.1) is 29.1 Å². The largest absolute Gasteiger partial charge is 0.455 e. The van der Waals surface area contributed by atoms with Gasteiger partial charge in [-0.3, -0.25) is 19.2 Å². The Balaban J connectivity index is 1.10. The Hall–Kier alpha value is -6.82. The van der Waals surface area contributed by atoms with Crippen molar-refractivity contribution in [3.05, 3.63) is 101 Å². The monoisotopic (exact) mass is 977 g/mol. The fourth-order valence-electron chi connectivity index (χ4n) is 7.50. The standard InChI is InChI=1S/C44H44F5N5O13S/c1-5-68-43-42(65-24(4)57)41(64-23(3)56)39(63-22(2)55)31(66-43)21-62-54-18-25(51-52-54)14-15-32(58)53(19-33(59)67-40-37(48)35(46)34(45)36(47)38(40)49)17-16-50-44(60)61-20-30-28-12-8-6-10-26(28)27-11-7-9-13-29(27)30/h6-13,18,30-31,39,41-43H,5,14-17,19-21H2,1-4H3,(H,50,60)/t31-,39-,41+,42-,43+/m1/s1. The van der Waals surface area contributed by atoms with Crippen LogP contribution < -0.4 is 14.9 Å². The molecule has 0 bridgehead atoms. The number of hydrogen-bond acceptors (Lipinski definition) is 16. The molecule has 1 aliphatic heterocycles. The summed E-state index contributed by atoms with van der Waals surface area (Å²) in [7, 11) is 0. The fraction of sp³-hybridized carbons (Fsp3) is 0.409. The van der Waals surface area contributed by atoms with Gasteiger partial charge >= 0.3 is 30.0 Å². The number of nitrogens with zero attached hydrogens (tertiary/aromatic N) is 4. The van der Waals surface area contributed by atoms with Crippen molar-refractivity contribution in [3.8, 4) is 16.9 Å². The Morgan fingerprint density at radius 1 is 0.779 bits per heavy atom. The third-order valence-corrected chi connectivity index (χ3v) is 11.4. The molecule has 1 fully saturated rings. The quantitative estimate of drug-likeness (QED) is 0.0340. The average molecular weight is 978 g/mol. The molecule has 5 atom stereocenters. The zero-order chi connectivity index (χ0) is 49.2. The molecule has 3 aromatic carbocycles. The summed E-state index contributed by atoms with van der Waals surface area (Å²) >= 11 is 1.22. The van der Waals surface area contributed by atoms with Gasteiger partial charge in [-0.25, -0.2) is 22.8 Å². The molecule has 1 N–H and O–H groups in total. The van der Waals surface area contributed by atoms with Crippen LogP contribution in [0.3, 0.4) is 0 Å². The summed E-state index contributed by atoms with van der Waals surface area (Å²) in [5.74, 6) is -18.4. The van der Waals surface area contributed by atoms with Crippen LogP contribution in [0.4, 0.5) is 26.7 Å². The van der Waals surface area contributed by atoms with Crippen molar-refractivity contribution in [2.75, 3.05) is 38.6 Å². The Bertz CT molecular complexity index is 2460. The normalized spacial score (nSPS) is 18.4. The number of esters is 4. The molecule has 364 valence electrons. The molecule has 68 heavy (non-hydrogen) atoms. The maximum atomic E-state index is 14.4. The van der Waals surface area contributed by atoms with Gasteiger partial charge in [0, 0.05) is 52.6 Å². The highest BCUT2D eigenvalue weighted by molar-refractivity contribution is 7.99. The van der Waals surface area contributed by atoms with Crippen molar-refractivity contribution < 1.29 is 84.0 Å². The van der Waals surface area contributed by atoms with Gasteiger partial charge < -0.3 is 43.5 Å². The van der Waals surface area contributed by atoms with Crippen molar-refractivity contribution in [2.45, 2.75) is 76.3 Å². The van der Waals surface area contributed by atoms with E-state index in [4.69, 9.17) is 28.5 Å². The first-order valence-electron chi connectivity index (χ1n) is 20.9. The molecule has 1 saturated heterocycles. The van der Waals surface area contributed by atoms with Crippen molar-refractivity contribution in [1.82, 2.24) is 25.4 Å². The molecule has 2 heterocycles. The van der Waals surface area contributed by atoms with Crippen LogP contribution in [0.2, 0.25) is 0 Å². The third kappa shape index (κ3) is 12.2. The van der Waals surface area contributed by atoms with Gasteiger partial charge in [-0.2, -0.15) is 8.78 Å². The average Bonchev–Trinajstić information content (AvgIpc) is 3.90. The molecule has 6 rings (SSSR count). The summed E-state index contributed by atoms with van der Waals surface area (Å²) in [4.78, 5) is 83.1. The number of rotatable bonds is 19. The highest BCUT2D eigenvalue weighted by Crippen LogP contribution is 2.44. The molecule has 2 aliphatic rings. The predicted octanol–water partition coefficient (Wildman–Crippen LogP) is 4.58. The first kappa shape index (κ1) is 50.6. The lowest BCUT2D eigenvalue weighted by atomic mass is 9.98. The number of ether oxygens (including phenoxy) is 6. The number of hydrogen-bond donors (Lipinski definition) is 1. The van der Waals surface area contributed by atoms with Gasteiger partial charge in [-0.05, 0) is 33.2 Å². The second-order valence-corrected chi connectivity index (χ2v) is 16.4. The summed E-state index contributed by atoms with van der Waals surface area (Å²) in [6.07, 6.45) is -5.11. The van der Waals surface area contributed by atoms with Gasteiger partial charge in [-0.1, -0.05) is 60.3 Å². The Morgan fingerprint density at radius 3 is 1.96 bits per heavy atom. The van der Waals surface area contributed by atoms with Crippen molar-refractivity contribution in [3.63, 3.8) is 0 Å². The molecule has 1 aliphatic carbocycles. The highest BCUT2D eigenvalue weighted by Gasteiger charge is 2.52. The van der Waals surface area contributed by atoms with E-state index in [1.807, 2.05) is 48.5 Å². The van der Waals surface area contributed by atoms with Gasteiger partial charge in [0.15, 0.2) is 18.3 Å². The van der Waals surface area contributed by atoms with Crippen molar-refractivity contribution >= 4 is 47.6 Å². The van der Waals surface area contributed by atoms with E-state index in [9.17, 15) is 50.7 Å². The van der Waals surface area contributed by atoms with E-state index < -0.39 is 120 Å². The summed E-state index contributed by atoms with van der Waals surface area (Å²) < 4.78 is 103. The van der Waals surface area contributed by atoms with Crippen LogP contribution in [0.15, 0.2) is 54.7 Å². The molecule has 24 heteroatoms. The first-order valence-corrected chi connectivity index (χ1v) is 21.9. The fourth-order valence-corrected chi connectivity index (χ4v) is 8.45. The predicted molar refractivity (Wildman–Crippen MR) is 225 cm³/mol. The summed E-state index contributed by atoms with van der Waals surface area (Å²) in [6, 6.07) is 15.3. The first-order chi connectivity index (χ1) is 32.5. The summed E-state index contributed by atoms with van der Waals surface area (Å²) in [5, 5.41) is 10.3. The highest BCUT2D eigenvalue weighted by atomic mass is 32.2. The Morgan fingerprint density at radius 2 is 1.35 bits per heavy atom. The van der Waals surface area contributed by atoms with Gasteiger partial charge in [0.05, 0.1) is 11.9 Å². The van der Waals surface area contributed by atoms with Crippen LogP contribution in [0.5, 0.6) is 5.75 Å². The summed E-state index contributed by atoms with van der Waals surface area (Å²) in [6.45, 7) is 2.91. The third-order valence-electron chi connectivity index (χ3n) is 10.4. The van der Waals surface area contributed by atoms with Crippen LogP contribution in [-0.2, 0) is 54.1 Å². The zero-order valence-electron chi connectivity index (χ0n) is 36.7. The smallest absolute Gasteiger partial charge is 0.407 e. The molecule has 1 aromatic heterocycles. The van der Waals surface area contributed by atoms with E-state index in [0.29, 0.717) is 5.75 Å². The number of fused-ring (bicyclic) bond motifs is 3. The number of halogens is 5. The van der Waals surface area contributed by atoms with Gasteiger partial charge in [0.2, 0.25) is 40.7 Å². The lowest BCUT2D eigenvalue weighted by Gasteiger charge is -2.44. The number of aryl methyl sites for hydroxylation is 1. The zero-order valence-corrected chi connectivity index (χ0v) is 37.5. The maximum Gasteiger partial charge on any atom is 0.407 e. The van der Waals surface area contributed by atoms with E-state index in [2.05, 4.69) is 20.4 Å². The SMILES string of the molecule is CCS[C@@H]1O[C@H](COn2cc(CCC(=O)N(CCNC(=O)OCC3c4ccccc4-c4ccccc43)CC(=O)Oc3c(F)c(F)c(F)c(F)c3F)nn2)[C@@H](OC(C)=O)[C@H](OC(C)=O)[C@H]1OC(C)=O. The molecular weight excluding hydrogens is 934 g/mol. The van der Waals surface area contributed by atoms with E-state index in [0.717, 1.165) is 52.8 Å². The molecule has 2 amide bonds. The molecular formula is C44H44F5N5O13S. The number of carbonyl (C=O) groups excluding carboxylic acids is 6. The number of carbonyl (C=O) groups is 6. The minimum absolute atomic E-state index is 0.0502. The molecule has 0 unspecified atom stereocenters. The van der Waals surface area contributed by atoms with Gasteiger partial charge in [0.25, 0.3) is 0 Å². The molecule has 18 nitrogen and oxygen atoms in total. The second kappa shape index (κ2) is 22.8. The van der Waals surface area contributed by atoms with Gasteiger partial charge in [-0.15, -0.1) is 16.9 Å².